The summed E-state index contributed by atoms with van der Waals surface area (Å²) in [5, 5.41) is 2.95. The van der Waals surface area contributed by atoms with Gasteiger partial charge in [-0.3, -0.25) is 4.90 Å². The van der Waals surface area contributed by atoms with Gasteiger partial charge < -0.3 is 0 Å². The molecule has 1 aromatic carbocycles. The maximum atomic E-state index is 10.4. The van der Waals surface area contributed by atoms with Crippen molar-refractivity contribution in [1.29, 1.82) is 0 Å². The summed E-state index contributed by atoms with van der Waals surface area (Å²) in [6.45, 7) is 5.36. The molecule has 2 rings (SSSR count). The largest absolute Gasteiger partial charge is 0.299 e. The normalized spacial score (nSPS) is 16.4. The molecule has 0 bridgehead atoms. The number of hydrogen-bond donors (Lipinski definition) is 0. The van der Waals surface area contributed by atoms with Gasteiger partial charge in [0.05, 0.1) is 0 Å². The van der Waals surface area contributed by atoms with Crippen LogP contribution in [-0.2, 0) is 13.0 Å². The van der Waals surface area contributed by atoms with Crippen LogP contribution < -0.4 is 0 Å². The molecule has 74 valence electrons. The lowest BCUT2D eigenvalue weighted by Gasteiger charge is -2.27. The number of nitroso groups, excluding NO2 is 1. The Labute approximate surface area is 83.7 Å². The van der Waals surface area contributed by atoms with E-state index in [1.54, 1.807) is 6.07 Å². The zero-order valence-corrected chi connectivity index (χ0v) is 8.36. The molecule has 1 aromatic rings. The molecule has 0 amide bonds. The molecule has 0 spiro atoms. The maximum absolute atomic E-state index is 10.4. The molecule has 14 heavy (non-hydrogen) atoms. The van der Waals surface area contributed by atoms with Gasteiger partial charge in [-0.05, 0) is 41.4 Å². The van der Waals surface area contributed by atoms with Gasteiger partial charge in [0, 0.05) is 13.1 Å². The van der Waals surface area contributed by atoms with Crippen molar-refractivity contribution in [3.63, 3.8) is 0 Å². The fraction of sp³-hybridized carbons (Fsp3) is 0.455. The van der Waals surface area contributed by atoms with Gasteiger partial charge in [0.25, 0.3) is 0 Å². The zero-order valence-electron chi connectivity index (χ0n) is 8.36. The number of rotatable bonds is 2. The highest BCUT2D eigenvalue weighted by molar-refractivity contribution is 5.44. The molecule has 0 atom stereocenters. The molecule has 1 aliphatic heterocycles. The Morgan fingerprint density at radius 2 is 2.29 bits per heavy atom. The minimum atomic E-state index is 0.550. The van der Waals surface area contributed by atoms with Gasteiger partial charge in [-0.2, -0.15) is 0 Å². The first-order valence-electron chi connectivity index (χ1n) is 5.01. The molecule has 0 fully saturated rings. The zero-order chi connectivity index (χ0) is 9.97. The van der Waals surface area contributed by atoms with Gasteiger partial charge in [0.15, 0.2) is 0 Å². The Morgan fingerprint density at radius 1 is 1.43 bits per heavy atom. The third-order valence-electron chi connectivity index (χ3n) is 2.83. The van der Waals surface area contributed by atoms with Crippen molar-refractivity contribution in [3.8, 4) is 0 Å². The Bertz CT molecular complexity index is 349. The van der Waals surface area contributed by atoms with Crippen LogP contribution in [0.15, 0.2) is 23.4 Å². The first-order chi connectivity index (χ1) is 6.83. The second-order valence-corrected chi connectivity index (χ2v) is 3.66. The van der Waals surface area contributed by atoms with Crippen LogP contribution in [0.5, 0.6) is 0 Å². The highest BCUT2D eigenvalue weighted by Crippen LogP contribution is 2.23. The van der Waals surface area contributed by atoms with Gasteiger partial charge in [0.2, 0.25) is 0 Å². The van der Waals surface area contributed by atoms with E-state index in [2.05, 4.69) is 17.0 Å². The highest BCUT2D eigenvalue weighted by atomic mass is 16.3. The average Bonchev–Trinajstić information content (AvgIpc) is 2.27. The molecular weight excluding hydrogens is 176 g/mol. The summed E-state index contributed by atoms with van der Waals surface area (Å²) in [7, 11) is 0. The van der Waals surface area contributed by atoms with Crippen LogP contribution in [0.1, 0.15) is 18.1 Å². The number of benzene rings is 1. The van der Waals surface area contributed by atoms with Gasteiger partial charge in [0.1, 0.15) is 5.69 Å². The molecule has 0 radical (unpaired) electrons. The molecule has 0 saturated carbocycles. The van der Waals surface area contributed by atoms with E-state index in [4.69, 9.17) is 0 Å². The van der Waals surface area contributed by atoms with Crippen LogP contribution in [0.2, 0.25) is 0 Å². The monoisotopic (exact) mass is 190 g/mol. The predicted octanol–water partition coefficient (Wildman–Crippen LogP) is 2.46. The van der Waals surface area contributed by atoms with E-state index in [0.717, 1.165) is 26.1 Å². The average molecular weight is 190 g/mol. The van der Waals surface area contributed by atoms with E-state index >= 15 is 0 Å². The summed E-state index contributed by atoms with van der Waals surface area (Å²) in [5.74, 6) is 0. The van der Waals surface area contributed by atoms with Crippen LogP contribution in [0, 0.1) is 4.91 Å². The Morgan fingerprint density at radius 3 is 3.00 bits per heavy atom. The van der Waals surface area contributed by atoms with Crippen LogP contribution in [-0.4, -0.2) is 18.0 Å². The minimum absolute atomic E-state index is 0.550. The van der Waals surface area contributed by atoms with Crippen molar-refractivity contribution in [2.45, 2.75) is 19.9 Å². The molecule has 1 aliphatic rings. The van der Waals surface area contributed by atoms with Gasteiger partial charge in [-0.25, -0.2) is 0 Å². The van der Waals surface area contributed by atoms with E-state index in [1.165, 1.54) is 11.1 Å². The molecule has 0 aromatic heterocycles. The van der Waals surface area contributed by atoms with Crippen molar-refractivity contribution in [2.24, 2.45) is 5.18 Å². The summed E-state index contributed by atoms with van der Waals surface area (Å²) in [6.07, 6.45) is 1.03. The SMILES string of the molecule is CCN1CCc2cc(N=O)ccc2C1. The smallest absolute Gasteiger partial charge is 0.108 e. The molecule has 0 aliphatic carbocycles. The van der Waals surface area contributed by atoms with Gasteiger partial charge in [-0.1, -0.05) is 13.0 Å². The van der Waals surface area contributed by atoms with Crippen molar-refractivity contribution >= 4 is 5.69 Å². The van der Waals surface area contributed by atoms with Gasteiger partial charge >= 0.3 is 0 Å². The Hall–Kier alpha value is -1.22. The first kappa shape index (κ1) is 9.34. The second-order valence-electron chi connectivity index (χ2n) is 3.66. The summed E-state index contributed by atoms with van der Waals surface area (Å²) >= 11 is 0. The fourth-order valence-electron chi connectivity index (χ4n) is 1.92. The lowest BCUT2D eigenvalue weighted by molar-refractivity contribution is 0.268. The summed E-state index contributed by atoms with van der Waals surface area (Å²) < 4.78 is 0. The maximum Gasteiger partial charge on any atom is 0.108 e. The molecule has 3 heteroatoms. The molecule has 0 saturated heterocycles. The van der Waals surface area contributed by atoms with E-state index < -0.39 is 0 Å². The molecule has 1 heterocycles. The molecule has 3 nitrogen and oxygen atoms in total. The van der Waals surface area contributed by atoms with Crippen LogP contribution in [0.4, 0.5) is 5.69 Å². The highest BCUT2D eigenvalue weighted by Gasteiger charge is 2.14. The van der Waals surface area contributed by atoms with Crippen molar-refractivity contribution in [3.05, 3.63) is 34.2 Å². The van der Waals surface area contributed by atoms with Crippen molar-refractivity contribution in [1.82, 2.24) is 4.90 Å². The fourth-order valence-corrected chi connectivity index (χ4v) is 1.92. The molecule has 0 N–H and O–H groups in total. The van der Waals surface area contributed by atoms with Crippen LogP contribution in [0.3, 0.4) is 0 Å². The Balaban J connectivity index is 2.27. The summed E-state index contributed by atoms with van der Waals surface area (Å²) in [4.78, 5) is 12.8. The topological polar surface area (TPSA) is 32.7 Å². The first-order valence-corrected chi connectivity index (χ1v) is 5.01. The number of hydrogen-bond acceptors (Lipinski definition) is 3. The molecule has 0 unspecified atom stereocenters. The van der Waals surface area contributed by atoms with Crippen LogP contribution in [0.25, 0.3) is 0 Å². The number of likely N-dealkylation sites (N-methyl/N-ethyl adjacent to an activating group) is 1. The van der Waals surface area contributed by atoms with E-state index in [9.17, 15) is 4.91 Å². The predicted molar refractivity (Wildman–Crippen MR) is 56.6 cm³/mol. The quantitative estimate of drug-likeness (QED) is 0.671. The third-order valence-corrected chi connectivity index (χ3v) is 2.83. The Kier molecular flexibility index (Phi) is 2.59. The molecular formula is C11H14N2O. The lowest BCUT2D eigenvalue weighted by atomic mass is 9.99. The number of nitrogens with zero attached hydrogens (tertiary/aromatic N) is 2. The minimum Gasteiger partial charge on any atom is -0.299 e. The third kappa shape index (κ3) is 1.68. The summed E-state index contributed by atoms with van der Waals surface area (Å²) in [5.41, 5.74) is 3.17. The van der Waals surface area contributed by atoms with E-state index in [0.29, 0.717) is 5.69 Å². The van der Waals surface area contributed by atoms with E-state index in [-0.39, 0.29) is 0 Å². The second kappa shape index (κ2) is 3.88. The van der Waals surface area contributed by atoms with E-state index in [1.807, 2.05) is 12.1 Å². The van der Waals surface area contributed by atoms with Gasteiger partial charge in [-0.15, -0.1) is 4.91 Å². The number of fused-ring (bicyclic) bond motifs is 1. The van der Waals surface area contributed by atoms with Crippen LogP contribution >= 0.6 is 0 Å². The standard InChI is InChI=1S/C11H14N2O/c1-2-13-6-5-9-7-11(12-14)4-3-10(9)8-13/h3-4,7H,2,5-6,8H2,1H3. The summed E-state index contributed by atoms with van der Waals surface area (Å²) in [6, 6.07) is 5.73. The van der Waals surface area contributed by atoms with Crippen molar-refractivity contribution < 1.29 is 0 Å². The lowest BCUT2D eigenvalue weighted by Crippen LogP contribution is -2.30. The van der Waals surface area contributed by atoms with Crippen molar-refractivity contribution in [2.75, 3.05) is 13.1 Å².